The highest BCUT2D eigenvalue weighted by Crippen LogP contribution is 2.32. The molecule has 1 amide bonds. The Hall–Kier alpha value is -3.09. The van der Waals surface area contributed by atoms with E-state index in [0.29, 0.717) is 22.7 Å². The maximum atomic E-state index is 12.4. The summed E-state index contributed by atoms with van der Waals surface area (Å²) in [7, 11) is 1.84. The van der Waals surface area contributed by atoms with Crippen LogP contribution >= 0.6 is 0 Å². The van der Waals surface area contributed by atoms with Crippen LogP contribution in [0.15, 0.2) is 30.5 Å². The molecule has 0 aliphatic carbocycles. The van der Waals surface area contributed by atoms with E-state index in [4.69, 9.17) is 9.47 Å². The van der Waals surface area contributed by atoms with Crippen molar-refractivity contribution in [1.29, 1.82) is 0 Å². The van der Waals surface area contributed by atoms with Gasteiger partial charge in [0.1, 0.15) is 0 Å². The highest BCUT2D eigenvalue weighted by atomic mass is 16.7. The number of carbonyl (C=O) groups excluding carboxylic acids is 1. The molecule has 116 valence electrons. The lowest BCUT2D eigenvalue weighted by Crippen LogP contribution is -2.12. The monoisotopic (exact) mass is 310 g/mol. The van der Waals surface area contributed by atoms with E-state index in [1.165, 1.54) is 0 Å². The lowest BCUT2D eigenvalue weighted by Gasteiger charge is -2.06. The second-order valence-electron chi connectivity index (χ2n) is 5.33. The van der Waals surface area contributed by atoms with Gasteiger partial charge in [0.15, 0.2) is 17.1 Å². The van der Waals surface area contributed by atoms with Crippen molar-refractivity contribution in [2.45, 2.75) is 6.92 Å². The first-order valence-electron chi connectivity index (χ1n) is 7.12. The molecule has 7 nitrogen and oxygen atoms in total. The van der Waals surface area contributed by atoms with Crippen LogP contribution in [0.25, 0.3) is 11.0 Å². The molecular weight excluding hydrogens is 296 g/mol. The van der Waals surface area contributed by atoms with Crippen molar-refractivity contribution in [1.82, 2.24) is 14.8 Å². The average molecular weight is 310 g/mol. The number of amides is 1. The number of aryl methyl sites for hydroxylation is 2. The summed E-state index contributed by atoms with van der Waals surface area (Å²) in [5.41, 5.74) is 2.77. The Labute approximate surface area is 131 Å². The molecule has 23 heavy (non-hydrogen) atoms. The van der Waals surface area contributed by atoms with Crippen LogP contribution in [0.1, 0.15) is 16.1 Å². The number of aromatic nitrogens is 3. The molecule has 0 bridgehead atoms. The van der Waals surface area contributed by atoms with Gasteiger partial charge < -0.3 is 14.8 Å². The Bertz CT molecular complexity index is 932. The number of rotatable bonds is 2. The molecule has 1 aliphatic rings. The Morgan fingerprint density at radius 3 is 2.96 bits per heavy atom. The van der Waals surface area contributed by atoms with Gasteiger partial charge in [-0.2, -0.15) is 5.10 Å². The fourth-order valence-corrected chi connectivity index (χ4v) is 2.62. The number of pyridine rings is 1. The van der Waals surface area contributed by atoms with Crippen molar-refractivity contribution < 1.29 is 14.3 Å². The predicted molar refractivity (Wildman–Crippen MR) is 83.8 cm³/mol. The highest BCUT2D eigenvalue weighted by Gasteiger charge is 2.16. The smallest absolute Gasteiger partial charge is 0.255 e. The van der Waals surface area contributed by atoms with Gasteiger partial charge in [-0.3, -0.25) is 9.48 Å². The van der Waals surface area contributed by atoms with Gasteiger partial charge in [-0.15, -0.1) is 0 Å². The van der Waals surface area contributed by atoms with Crippen molar-refractivity contribution in [3.8, 4) is 11.5 Å². The summed E-state index contributed by atoms with van der Waals surface area (Å²) < 4.78 is 12.2. The summed E-state index contributed by atoms with van der Waals surface area (Å²) in [6.45, 7) is 2.09. The molecule has 7 heteroatoms. The molecule has 0 radical (unpaired) electrons. The van der Waals surface area contributed by atoms with Crippen LogP contribution in [0.4, 0.5) is 5.69 Å². The van der Waals surface area contributed by atoms with Gasteiger partial charge >= 0.3 is 0 Å². The first kappa shape index (κ1) is 13.6. The summed E-state index contributed by atoms with van der Waals surface area (Å²) in [5, 5.41) is 8.08. The largest absolute Gasteiger partial charge is 0.454 e. The summed E-state index contributed by atoms with van der Waals surface area (Å²) in [4.78, 5) is 16.7. The summed E-state index contributed by atoms with van der Waals surface area (Å²) in [6, 6.07) is 6.96. The minimum Gasteiger partial charge on any atom is -0.454 e. The number of ether oxygens (including phenoxy) is 2. The van der Waals surface area contributed by atoms with Crippen LogP contribution in [0.3, 0.4) is 0 Å². The van der Waals surface area contributed by atoms with E-state index in [0.717, 1.165) is 16.7 Å². The average Bonchev–Trinajstić information content (AvgIpc) is 3.11. The first-order chi connectivity index (χ1) is 11.1. The Morgan fingerprint density at radius 1 is 1.26 bits per heavy atom. The maximum absolute atomic E-state index is 12.4. The van der Waals surface area contributed by atoms with E-state index in [1.807, 2.05) is 20.0 Å². The third-order valence-corrected chi connectivity index (χ3v) is 3.76. The minimum absolute atomic E-state index is 0.182. The van der Waals surface area contributed by atoms with Gasteiger partial charge in [-0.25, -0.2) is 4.98 Å². The van der Waals surface area contributed by atoms with Crippen molar-refractivity contribution >= 4 is 22.6 Å². The molecule has 1 N–H and O–H groups in total. The normalized spacial score (nSPS) is 12.6. The number of nitrogens with one attached hydrogen (secondary N) is 1. The second kappa shape index (κ2) is 4.98. The third kappa shape index (κ3) is 2.26. The highest BCUT2D eigenvalue weighted by molar-refractivity contribution is 6.05. The van der Waals surface area contributed by atoms with Gasteiger partial charge in [0.05, 0.1) is 17.6 Å². The number of fused-ring (bicyclic) bond motifs is 2. The van der Waals surface area contributed by atoms with Gasteiger partial charge in [0.25, 0.3) is 5.91 Å². The second-order valence-corrected chi connectivity index (χ2v) is 5.33. The molecule has 0 spiro atoms. The molecule has 3 aromatic rings. The van der Waals surface area contributed by atoms with Crippen molar-refractivity contribution in [3.05, 3.63) is 41.7 Å². The number of hydrogen-bond acceptors (Lipinski definition) is 5. The van der Waals surface area contributed by atoms with E-state index < -0.39 is 0 Å². The van der Waals surface area contributed by atoms with Crippen LogP contribution in [-0.2, 0) is 7.05 Å². The Balaban J connectivity index is 1.62. The SMILES string of the molecule is Cc1nn(C)c2ncc(NC(=O)c3ccc4c(c3)OCO4)cc12. The van der Waals surface area contributed by atoms with E-state index in [1.54, 1.807) is 29.1 Å². The fourth-order valence-electron chi connectivity index (χ4n) is 2.62. The number of carbonyl (C=O) groups is 1. The zero-order valence-corrected chi connectivity index (χ0v) is 12.7. The van der Waals surface area contributed by atoms with E-state index >= 15 is 0 Å². The molecule has 0 saturated heterocycles. The number of benzene rings is 1. The quantitative estimate of drug-likeness (QED) is 0.785. The molecule has 0 fully saturated rings. The molecule has 0 saturated carbocycles. The maximum Gasteiger partial charge on any atom is 0.255 e. The molecular formula is C16H14N4O3. The zero-order chi connectivity index (χ0) is 16.0. The van der Waals surface area contributed by atoms with Crippen molar-refractivity contribution in [2.24, 2.45) is 7.05 Å². The molecule has 3 heterocycles. The standard InChI is InChI=1S/C16H14N4O3/c1-9-12-6-11(7-17-15(12)20(2)19-9)18-16(21)10-3-4-13-14(5-10)23-8-22-13/h3-7H,8H2,1-2H3,(H,18,21). The summed E-state index contributed by atoms with van der Waals surface area (Å²) in [5.74, 6) is 0.996. The fraction of sp³-hybridized carbons (Fsp3) is 0.188. The topological polar surface area (TPSA) is 78.3 Å². The zero-order valence-electron chi connectivity index (χ0n) is 12.7. The van der Waals surface area contributed by atoms with E-state index in [9.17, 15) is 4.79 Å². The third-order valence-electron chi connectivity index (χ3n) is 3.76. The van der Waals surface area contributed by atoms with Crippen molar-refractivity contribution in [2.75, 3.05) is 12.1 Å². The molecule has 0 atom stereocenters. The first-order valence-corrected chi connectivity index (χ1v) is 7.12. The lowest BCUT2D eigenvalue weighted by atomic mass is 10.2. The minimum atomic E-state index is -0.231. The molecule has 1 aliphatic heterocycles. The van der Waals surface area contributed by atoms with Crippen LogP contribution in [-0.4, -0.2) is 27.5 Å². The Morgan fingerprint density at radius 2 is 2.09 bits per heavy atom. The predicted octanol–water partition coefficient (Wildman–Crippen LogP) is 2.26. The van der Waals surface area contributed by atoms with Gasteiger partial charge in [-0.05, 0) is 31.2 Å². The van der Waals surface area contributed by atoms with Gasteiger partial charge in [0, 0.05) is 18.0 Å². The molecule has 1 aromatic carbocycles. The molecule has 0 unspecified atom stereocenters. The van der Waals surface area contributed by atoms with Crippen LogP contribution in [0.2, 0.25) is 0 Å². The van der Waals surface area contributed by atoms with Crippen LogP contribution in [0.5, 0.6) is 11.5 Å². The number of nitrogens with zero attached hydrogens (tertiary/aromatic N) is 3. The van der Waals surface area contributed by atoms with E-state index in [-0.39, 0.29) is 12.7 Å². The van der Waals surface area contributed by atoms with E-state index in [2.05, 4.69) is 15.4 Å². The molecule has 4 rings (SSSR count). The van der Waals surface area contributed by atoms with Gasteiger partial charge in [-0.1, -0.05) is 0 Å². The summed E-state index contributed by atoms with van der Waals surface area (Å²) in [6.07, 6.45) is 1.62. The lowest BCUT2D eigenvalue weighted by molar-refractivity contribution is 0.102. The van der Waals surface area contributed by atoms with Crippen LogP contribution in [0, 0.1) is 6.92 Å². The van der Waals surface area contributed by atoms with Crippen LogP contribution < -0.4 is 14.8 Å². The van der Waals surface area contributed by atoms with Crippen molar-refractivity contribution in [3.63, 3.8) is 0 Å². The molecule has 2 aromatic heterocycles. The van der Waals surface area contributed by atoms with Gasteiger partial charge in [0.2, 0.25) is 6.79 Å². The summed E-state index contributed by atoms with van der Waals surface area (Å²) >= 11 is 0. The Kier molecular flexibility index (Phi) is 2.94. The number of anilines is 1. The number of hydrogen-bond donors (Lipinski definition) is 1.